The molecule has 0 aliphatic carbocycles. The highest BCUT2D eigenvalue weighted by Crippen LogP contribution is 2.32. The lowest BCUT2D eigenvalue weighted by molar-refractivity contribution is 0.181. The van der Waals surface area contributed by atoms with Crippen LogP contribution in [0.1, 0.15) is 42.2 Å². The zero-order chi connectivity index (χ0) is 21.1. The van der Waals surface area contributed by atoms with Crippen molar-refractivity contribution >= 4 is 23.1 Å². The Kier molecular flexibility index (Phi) is 6.14. The van der Waals surface area contributed by atoms with Gasteiger partial charge < -0.3 is 13.6 Å². The molecule has 0 radical (unpaired) electrons. The van der Waals surface area contributed by atoms with Crippen LogP contribution in [0.2, 0.25) is 0 Å². The summed E-state index contributed by atoms with van der Waals surface area (Å²) in [5.41, 5.74) is 1.24. The standard InChI is InChI=1S/C20H19FN4O3S2/c1-4-15-11(2)9-16(30-15)19-24-22-17(27-19)10-29-20-25-23-18(28-20)12(3)26-14-7-5-13(21)6-8-14/h5-9,12H,4,10H2,1-3H3. The van der Waals surface area contributed by atoms with Gasteiger partial charge in [-0.15, -0.1) is 31.7 Å². The molecule has 0 aliphatic heterocycles. The monoisotopic (exact) mass is 446 g/mol. The predicted octanol–water partition coefficient (Wildman–Crippen LogP) is 5.62. The van der Waals surface area contributed by atoms with E-state index in [4.69, 9.17) is 13.6 Å². The van der Waals surface area contributed by atoms with E-state index in [0.717, 1.165) is 11.3 Å². The van der Waals surface area contributed by atoms with Crippen LogP contribution in [-0.2, 0) is 12.2 Å². The molecule has 10 heteroatoms. The molecule has 4 rings (SSSR count). The van der Waals surface area contributed by atoms with Crippen molar-refractivity contribution in [1.29, 1.82) is 0 Å². The average molecular weight is 447 g/mol. The van der Waals surface area contributed by atoms with Gasteiger partial charge >= 0.3 is 0 Å². The van der Waals surface area contributed by atoms with Crippen molar-refractivity contribution in [2.24, 2.45) is 0 Å². The predicted molar refractivity (Wildman–Crippen MR) is 111 cm³/mol. The van der Waals surface area contributed by atoms with Gasteiger partial charge in [-0.3, -0.25) is 0 Å². The fraction of sp³-hybridized carbons (Fsp3) is 0.300. The molecule has 3 aromatic heterocycles. The van der Waals surface area contributed by atoms with Crippen LogP contribution in [0.3, 0.4) is 0 Å². The van der Waals surface area contributed by atoms with E-state index in [1.165, 1.54) is 34.3 Å². The molecular formula is C20H19FN4O3S2. The summed E-state index contributed by atoms with van der Waals surface area (Å²) in [6, 6.07) is 7.82. The molecule has 0 bridgehead atoms. The van der Waals surface area contributed by atoms with Crippen LogP contribution in [0.4, 0.5) is 4.39 Å². The first-order chi connectivity index (χ1) is 14.5. The number of aryl methyl sites for hydroxylation is 2. The Morgan fingerprint density at radius 3 is 2.67 bits per heavy atom. The van der Waals surface area contributed by atoms with Crippen molar-refractivity contribution in [3.63, 3.8) is 0 Å². The summed E-state index contributed by atoms with van der Waals surface area (Å²) >= 11 is 2.97. The number of halogens is 1. The third kappa shape index (κ3) is 4.71. The van der Waals surface area contributed by atoms with E-state index in [9.17, 15) is 4.39 Å². The second kappa shape index (κ2) is 8.97. The van der Waals surface area contributed by atoms with Crippen LogP contribution < -0.4 is 4.74 Å². The molecular weight excluding hydrogens is 427 g/mol. The summed E-state index contributed by atoms with van der Waals surface area (Å²) in [6.45, 7) is 5.99. The highest BCUT2D eigenvalue weighted by atomic mass is 32.2. The summed E-state index contributed by atoms with van der Waals surface area (Å²) in [6.07, 6.45) is 0.512. The van der Waals surface area contributed by atoms with Crippen LogP contribution in [-0.4, -0.2) is 20.4 Å². The highest BCUT2D eigenvalue weighted by molar-refractivity contribution is 7.98. The maximum atomic E-state index is 13.0. The molecule has 156 valence electrons. The quantitative estimate of drug-likeness (QED) is 0.322. The minimum absolute atomic E-state index is 0.323. The number of nitrogens with zero attached hydrogens (tertiary/aromatic N) is 4. The van der Waals surface area contributed by atoms with Gasteiger partial charge in [0.2, 0.25) is 5.89 Å². The van der Waals surface area contributed by atoms with Gasteiger partial charge in [0, 0.05) is 4.88 Å². The lowest BCUT2D eigenvalue weighted by atomic mass is 10.2. The minimum Gasteiger partial charge on any atom is -0.481 e. The SMILES string of the molecule is CCc1sc(-c2nnc(CSc3nnc(C(C)Oc4ccc(F)cc4)o3)o2)cc1C. The van der Waals surface area contributed by atoms with Crippen molar-refractivity contribution in [1.82, 2.24) is 20.4 Å². The van der Waals surface area contributed by atoms with Crippen molar-refractivity contribution in [2.75, 3.05) is 0 Å². The molecule has 0 fully saturated rings. The lowest BCUT2D eigenvalue weighted by Gasteiger charge is -2.10. The number of thioether (sulfide) groups is 1. The highest BCUT2D eigenvalue weighted by Gasteiger charge is 2.18. The summed E-state index contributed by atoms with van der Waals surface area (Å²) in [7, 11) is 0. The Labute approximate surface area is 180 Å². The fourth-order valence-corrected chi connectivity index (χ4v) is 4.36. The van der Waals surface area contributed by atoms with Gasteiger partial charge in [-0.2, -0.15) is 0 Å². The number of thiophene rings is 1. The molecule has 30 heavy (non-hydrogen) atoms. The number of ether oxygens (including phenoxy) is 1. The molecule has 0 N–H and O–H groups in total. The molecule has 1 aromatic carbocycles. The molecule has 0 spiro atoms. The minimum atomic E-state index is -0.470. The number of benzene rings is 1. The van der Waals surface area contributed by atoms with E-state index < -0.39 is 6.10 Å². The molecule has 0 amide bonds. The van der Waals surface area contributed by atoms with Crippen molar-refractivity contribution < 1.29 is 18.0 Å². The summed E-state index contributed by atoms with van der Waals surface area (Å²) in [4.78, 5) is 2.29. The third-order valence-electron chi connectivity index (χ3n) is 4.23. The second-order valence-electron chi connectivity index (χ2n) is 6.48. The van der Waals surface area contributed by atoms with Crippen LogP contribution in [0.25, 0.3) is 10.8 Å². The molecule has 7 nitrogen and oxygen atoms in total. The van der Waals surface area contributed by atoms with Crippen LogP contribution in [0.15, 0.2) is 44.4 Å². The first kappa shape index (κ1) is 20.5. The topological polar surface area (TPSA) is 87.1 Å². The van der Waals surface area contributed by atoms with E-state index in [2.05, 4.69) is 40.3 Å². The Hall–Kier alpha value is -2.72. The summed E-state index contributed by atoms with van der Waals surface area (Å²) < 4.78 is 30.1. The van der Waals surface area contributed by atoms with Crippen LogP contribution >= 0.6 is 23.1 Å². The van der Waals surface area contributed by atoms with Gasteiger partial charge in [0.1, 0.15) is 11.6 Å². The second-order valence-corrected chi connectivity index (χ2v) is 8.54. The summed E-state index contributed by atoms with van der Waals surface area (Å²) in [5.74, 6) is 1.93. The van der Waals surface area contributed by atoms with Crippen LogP contribution in [0.5, 0.6) is 5.75 Å². The fourth-order valence-electron chi connectivity index (χ4n) is 2.72. The molecule has 1 atom stereocenters. The molecule has 1 unspecified atom stereocenters. The first-order valence-electron chi connectivity index (χ1n) is 9.32. The van der Waals surface area contributed by atoms with Gasteiger partial charge in [-0.05, 0) is 56.2 Å². The zero-order valence-corrected chi connectivity index (χ0v) is 18.2. The maximum Gasteiger partial charge on any atom is 0.277 e. The number of rotatable bonds is 8. The average Bonchev–Trinajstić information content (AvgIpc) is 3.47. The number of aromatic nitrogens is 4. The Morgan fingerprint density at radius 1 is 1.13 bits per heavy atom. The smallest absolute Gasteiger partial charge is 0.277 e. The molecule has 4 aromatic rings. The first-order valence-corrected chi connectivity index (χ1v) is 11.1. The largest absolute Gasteiger partial charge is 0.481 e. The van der Waals surface area contributed by atoms with Gasteiger partial charge in [-0.25, -0.2) is 4.39 Å². The van der Waals surface area contributed by atoms with Crippen LogP contribution in [0, 0.1) is 12.7 Å². The van der Waals surface area contributed by atoms with Gasteiger partial charge in [0.05, 0.1) is 10.6 Å². The lowest BCUT2D eigenvalue weighted by Crippen LogP contribution is -2.03. The molecule has 0 aliphatic rings. The number of hydrogen-bond donors (Lipinski definition) is 0. The number of hydrogen-bond acceptors (Lipinski definition) is 9. The van der Waals surface area contributed by atoms with E-state index in [-0.39, 0.29) is 5.82 Å². The maximum absolute atomic E-state index is 13.0. The van der Waals surface area contributed by atoms with E-state index >= 15 is 0 Å². The third-order valence-corrected chi connectivity index (χ3v) is 6.41. The van der Waals surface area contributed by atoms with Crippen molar-refractivity contribution in [2.45, 2.75) is 44.3 Å². The van der Waals surface area contributed by atoms with E-state index in [1.807, 2.05) is 0 Å². The zero-order valence-electron chi connectivity index (χ0n) is 16.6. The van der Waals surface area contributed by atoms with Crippen molar-refractivity contribution in [3.8, 4) is 16.5 Å². The Bertz CT molecular complexity index is 1120. The van der Waals surface area contributed by atoms with Gasteiger partial charge in [0.15, 0.2) is 6.10 Å². The van der Waals surface area contributed by atoms with E-state index in [1.54, 1.807) is 30.4 Å². The van der Waals surface area contributed by atoms with Crippen molar-refractivity contribution in [3.05, 3.63) is 58.4 Å². The Balaban J connectivity index is 1.35. The Morgan fingerprint density at radius 2 is 1.93 bits per heavy atom. The van der Waals surface area contributed by atoms with Gasteiger partial charge in [0.25, 0.3) is 17.0 Å². The van der Waals surface area contributed by atoms with E-state index in [0.29, 0.717) is 34.4 Å². The molecule has 0 saturated carbocycles. The summed E-state index contributed by atoms with van der Waals surface area (Å²) in [5, 5.41) is 16.6. The van der Waals surface area contributed by atoms with Gasteiger partial charge in [-0.1, -0.05) is 18.7 Å². The molecule has 0 saturated heterocycles. The normalized spacial score (nSPS) is 12.3. The molecule has 3 heterocycles.